The van der Waals surface area contributed by atoms with E-state index in [1.165, 1.54) is 0 Å². The Kier molecular flexibility index (Phi) is 8.07. The molecule has 0 saturated heterocycles. The first-order valence-corrected chi connectivity index (χ1v) is 12.2. The lowest BCUT2D eigenvalue weighted by Gasteiger charge is -2.41. The summed E-state index contributed by atoms with van der Waals surface area (Å²) in [6.45, 7) is 1.10. The van der Waals surface area contributed by atoms with Gasteiger partial charge in [-0.2, -0.15) is 13.2 Å². The minimum atomic E-state index is -10.2. The number of ether oxygens (including phenoxy) is 4. The van der Waals surface area contributed by atoms with E-state index >= 15 is 0 Å². The molecule has 0 N–H and O–H groups in total. The molecule has 1 aliphatic heterocycles. The molecule has 1 aliphatic rings. The van der Waals surface area contributed by atoms with Crippen LogP contribution < -0.4 is 4.74 Å². The Bertz CT molecular complexity index is 1140. The SMILES string of the molecule is Cc1cc(S(F)(F)(F)(F)F)cc2c1O[C@H](C(F)(F)F)C(C(=O)OC(C)OC(=O)OCCCCO[N+](=O)[O-])=C2. The third-order valence-corrected chi connectivity index (χ3v) is 5.70. The molecule has 0 spiro atoms. The number of benzene rings is 1. The molecule has 0 saturated carbocycles. The Hall–Kier alpha value is -3.51. The van der Waals surface area contributed by atoms with Crippen LogP contribution in [-0.4, -0.2) is 49.0 Å². The van der Waals surface area contributed by atoms with E-state index in [4.69, 9.17) is 0 Å². The van der Waals surface area contributed by atoms with Crippen molar-refractivity contribution in [3.63, 3.8) is 0 Å². The van der Waals surface area contributed by atoms with Crippen LogP contribution in [-0.2, 0) is 23.8 Å². The zero-order chi connectivity index (χ0) is 29.2. The van der Waals surface area contributed by atoms with Crippen LogP contribution in [0.4, 0.5) is 37.4 Å². The van der Waals surface area contributed by atoms with Crippen molar-refractivity contribution in [1.29, 1.82) is 0 Å². The molecule has 1 heterocycles. The molecule has 1 aromatic carbocycles. The van der Waals surface area contributed by atoms with Gasteiger partial charge in [-0.25, -0.2) is 9.59 Å². The summed E-state index contributed by atoms with van der Waals surface area (Å²) in [4.78, 5) is 35.6. The second-order valence-corrected chi connectivity index (χ2v) is 10.1. The van der Waals surface area contributed by atoms with Gasteiger partial charge < -0.3 is 23.8 Å². The van der Waals surface area contributed by atoms with Crippen molar-refractivity contribution in [3.8, 4) is 5.75 Å². The predicted octanol–water partition coefficient (Wildman–Crippen LogP) is 6.39. The number of carbonyl (C=O) groups excluding carboxylic acids is 2. The molecule has 1 aromatic rings. The Morgan fingerprint density at radius 3 is 2.26 bits per heavy atom. The monoisotopic (exact) mass is 589 g/mol. The smallest absolute Gasteiger partial charge is 0.475 e. The fourth-order valence-corrected chi connectivity index (χ4v) is 3.75. The Morgan fingerprint density at radius 2 is 1.71 bits per heavy atom. The third-order valence-electron chi connectivity index (χ3n) is 4.57. The summed E-state index contributed by atoms with van der Waals surface area (Å²) in [5.74, 6) is -2.66. The van der Waals surface area contributed by atoms with E-state index in [1.54, 1.807) is 0 Å². The number of halogens is 8. The minimum Gasteiger partial charge on any atom is -0.475 e. The molecule has 0 bridgehead atoms. The van der Waals surface area contributed by atoms with Crippen molar-refractivity contribution in [2.45, 2.75) is 50.2 Å². The highest BCUT2D eigenvalue weighted by Gasteiger charge is 2.65. The number of fused-ring (bicyclic) bond motifs is 1. The van der Waals surface area contributed by atoms with Crippen LogP contribution in [0.3, 0.4) is 0 Å². The second kappa shape index (κ2) is 9.99. The quantitative estimate of drug-likeness (QED) is 0.0763. The van der Waals surface area contributed by atoms with Crippen molar-refractivity contribution < 1.29 is 71.1 Å². The van der Waals surface area contributed by atoms with Crippen molar-refractivity contribution in [2.75, 3.05) is 13.2 Å². The molecule has 2 atom stereocenters. The minimum absolute atomic E-state index is 0.0676. The number of esters is 1. The van der Waals surface area contributed by atoms with Crippen LogP contribution in [0, 0.1) is 17.0 Å². The van der Waals surface area contributed by atoms with Gasteiger partial charge in [0, 0.05) is 12.5 Å². The summed E-state index contributed by atoms with van der Waals surface area (Å²) in [7, 11) is -10.2. The van der Waals surface area contributed by atoms with Gasteiger partial charge in [-0.1, -0.05) is 19.4 Å². The number of hydrogen-bond acceptors (Lipinski definition) is 9. The number of alkyl halides is 3. The number of rotatable bonds is 10. The van der Waals surface area contributed by atoms with Crippen molar-refractivity contribution in [2.24, 2.45) is 0 Å². The highest BCUT2D eigenvalue weighted by molar-refractivity contribution is 8.45. The number of unbranched alkanes of at least 4 members (excludes halogenated alkanes) is 1. The van der Waals surface area contributed by atoms with E-state index in [9.17, 15) is 52.3 Å². The molecule has 38 heavy (non-hydrogen) atoms. The average Bonchev–Trinajstić information content (AvgIpc) is 2.72. The van der Waals surface area contributed by atoms with Crippen LogP contribution in [0.1, 0.15) is 30.9 Å². The van der Waals surface area contributed by atoms with Crippen LogP contribution >= 0.6 is 10.2 Å². The van der Waals surface area contributed by atoms with Gasteiger partial charge >= 0.3 is 28.5 Å². The maximum absolute atomic E-state index is 13.6. The van der Waals surface area contributed by atoms with E-state index in [0.717, 1.165) is 13.8 Å². The maximum Gasteiger partial charge on any atom is 0.511 e. The zero-order valence-electron chi connectivity index (χ0n) is 19.3. The van der Waals surface area contributed by atoms with Crippen molar-refractivity contribution in [3.05, 3.63) is 38.9 Å². The molecule has 1 unspecified atom stereocenters. The number of hydrogen-bond donors (Lipinski definition) is 0. The molecule has 2 rings (SSSR count). The number of carbonyl (C=O) groups is 2. The standard InChI is InChI=1S/C19H19F8NO9S/c1-10-7-13(38(23,24,25,26)27)8-12-9-14(16(19(20,21)22)37-15(10)12)17(29)35-11(2)36-18(30)33-5-3-4-6-34-28(31)32/h7-9,11,16H,3-6H2,1-2H3/t11?,16-/m0/s1. The largest absolute Gasteiger partial charge is 0.511 e. The fraction of sp³-hybridized carbons (Fsp3) is 0.474. The molecule has 19 heteroatoms. The Morgan fingerprint density at radius 1 is 1.11 bits per heavy atom. The third kappa shape index (κ3) is 8.52. The molecular formula is C19H19F8NO9S. The van der Waals surface area contributed by atoms with Gasteiger partial charge in [0.05, 0.1) is 18.8 Å². The summed E-state index contributed by atoms with van der Waals surface area (Å²) >= 11 is 0. The summed E-state index contributed by atoms with van der Waals surface area (Å²) in [5.41, 5.74) is -3.00. The lowest BCUT2D eigenvalue weighted by Crippen LogP contribution is -2.41. The second-order valence-electron chi connectivity index (χ2n) is 7.72. The van der Waals surface area contributed by atoms with E-state index in [-0.39, 0.29) is 44.3 Å². The van der Waals surface area contributed by atoms with E-state index in [0.29, 0.717) is 0 Å². The van der Waals surface area contributed by atoms with Gasteiger partial charge in [-0.15, -0.1) is 10.1 Å². The van der Waals surface area contributed by atoms with E-state index in [2.05, 4.69) is 23.8 Å². The van der Waals surface area contributed by atoms with Crippen LogP contribution in [0.5, 0.6) is 5.75 Å². The van der Waals surface area contributed by atoms with Gasteiger partial charge in [0.25, 0.3) is 5.09 Å². The number of aryl methyl sites for hydroxylation is 1. The molecule has 0 fully saturated rings. The lowest BCUT2D eigenvalue weighted by molar-refractivity contribution is -0.757. The highest BCUT2D eigenvalue weighted by Crippen LogP contribution is 3.02. The first-order chi connectivity index (χ1) is 17.1. The van der Waals surface area contributed by atoms with Gasteiger partial charge in [0.1, 0.15) is 10.6 Å². The average molecular weight is 589 g/mol. The summed E-state index contributed by atoms with van der Waals surface area (Å²) < 4.78 is 125. The lowest BCUT2D eigenvalue weighted by atomic mass is 9.99. The first kappa shape index (κ1) is 30.7. The van der Waals surface area contributed by atoms with Gasteiger partial charge in [0.2, 0.25) is 12.4 Å². The molecule has 0 aliphatic carbocycles. The van der Waals surface area contributed by atoms with Crippen LogP contribution in [0.2, 0.25) is 0 Å². The van der Waals surface area contributed by atoms with Crippen molar-refractivity contribution in [1.82, 2.24) is 0 Å². The van der Waals surface area contributed by atoms with E-state index < -0.39 is 73.4 Å². The Labute approximate surface area is 208 Å². The Balaban J connectivity index is 2.18. The normalized spacial score (nSPS) is 17.9. The molecule has 0 aromatic heterocycles. The molecule has 216 valence electrons. The van der Waals surface area contributed by atoms with Crippen LogP contribution in [0.15, 0.2) is 22.6 Å². The highest BCUT2D eigenvalue weighted by atomic mass is 32.5. The fourth-order valence-electron chi connectivity index (χ4n) is 3.00. The van der Waals surface area contributed by atoms with Gasteiger partial charge in [-0.3, -0.25) is 0 Å². The number of nitrogens with zero attached hydrogens (tertiary/aromatic N) is 1. The first-order valence-electron chi connectivity index (χ1n) is 10.2. The molecule has 10 nitrogen and oxygen atoms in total. The summed E-state index contributed by atoms with van der Waals surface area (Å²) in [5, 5.41) is 8.95. The van der Waals surface area contributed by atoms with Gasteiger partial charge in [-0.05, 0) is 43.5 Å². The van der Waals surface area contributed by atoms with Gasteiger partial charge in [0.15, 0.2) is 0 Å². The van der Waals surface area contributed by atoms with Crippen LogP contribution in [0.25, 0.3) is 6.08 Å². The van der Waals surface area contributed by atoms with Crippen molar-refractivity contribution >= 4 is 28.4 Å². The maximum atomic E-state index is 13.6. The predicted molar refractivity (Wildman–Crippen MR) is 111 cm³/mol. The molecule has 0 radical (unpaired) electrons. The summed E-state index contributed by atoms with van der Waals surface area (Å²) in [6, 6.07) is -0.223. The summed E-state index contributed by atoms with van der Waals surface area (Å²) in [6.07, 6.45) is -11.2. The zero-order valence-corrected chi connectivity index (χ0v) is 20.1. The molecule has 0 amide bonds. The topological polar surface area (TPSA) is 123 Å². The van der Waals surface area contributed by atoms with E-state index in [1.807, 2.05) is 0 Å². The molecular weight excluding hydrogens is 570 g/mol.